The molecule has 1 N–H and O–H groups in total. The van der Waals surface area contributed by atoms with E-state index in [1.54, 1.807) is 0 Å². The Morgan fingerprint density at radius 3 is 2.68 bits per heavy atom. The van der Waals surface area contributed by atoms with E-state index in [-0.39, 0.29) is 17.5 Å². The van der Waals surface area contributed by atoms with Crippen molar-refractivity contribution < 1.29 is 8.42 Å². The van der Waals surface area contributed by atoms with E-state index in [1.165, 1.54) is 5.56 Å². The van der Waals surface area contributed by atoms with Crippen LogP contribution in [0.4, 0.5) is 17.3 Å². The van der Waals surface area contributed by atoms with Crippen molar-refractivity contribution >= 4 is 27.2 Å². The molecule has 2 aromatic rings. The third-order valence-electron chi connectivity index (χ3n) is 4.40. The second-order valence-corrected chi connectivity index (χ2v) is 8.72. The first kappa shape index (κ1) is 17.7. The average molecular weight is 360 g/mol. The van der Waals surface area contributed by atoms with Crippen LogP contribution < -0.4 is 10.2 Å². The lowest BCUT2D eigenvalue weighted by Gasteiger charge is -2.28. The summed E-state index contributed by atoms with van der Waals surface area (Å²) in [7, 11) is -2.93. The SMILES string of the molecule is CCN(c1cc(Nc2cccc(C)c2)nc(C)n1)C1CCS(=O)(=O)C1. The highest BCUT2D eigenvalue weighted by Crippen LogP contribution is 2.25. The minimum Gasteiger partial charge on any atom is -0.353 e. The molecule has 0 aliphatic carbocycles. The first-order valence-electron chi connectivity index (χ1n) is 8.53. The molecule has 1 fully saturated rings. The number of aromatic nitrogens is 2. The summed E-state index contributed by atoms with van der Waals surface area (Å²) in [5.41, 5.74) is 2.14. The molecule has 25 heavy (non-hydrogen) atoms. The van der Waals surface area contributed by atoms with Gasteiger partial charge >= 0.3 is 0 Å². The van der Waals surface area contributed by atoms with Crippen LogP contribution in [0.5, 0.6) is 0 Å². The summed E-state index contributed by atoms with van der Waals surface area (Å²) >= 11 is 0. The largest absolute Gasteiger partial charge is 0.353 e. The van der Waals surface area contributed by atoms with Gasteiger partial charge in [-0.05, 0) is 44.9 Å². The van der Waals surface area contributed by atoms with Crippen LogP contribution in [0.25, 0.3) is 0 Å². The Kier molecular flexibility index (Phi) is 4.94. The molecule has 6 nitrogen and oxygen atoms in total. The van der Waals surface area contributed by atoms with E-state index in [9.17, 15) is 8.42 Å². The number of sulfone groups is 1. The maximum absolute atomic E-state index is 11.8. The van der Waals surface area contributed by atoms with Gasteiger partial charge in [0.1, 0.15) is 17.5 Å². The zero-order valence-electron chi connectivity index (χ0n) is 14.9. The molecule has 0 bridgehead atoms. The smallest absolute Gasteiger partial charge is 0.152 e. The van der Waals surface area contributed by atoms with Gasteiger partial charge in [-0.2, -0.15) is 0 Å². The third kappa shape index (κ3) is 4.28. The Morgan fingerprint density at radius 2 is 2.04 bits per heavy atom. The normalized spacial score (nSPS) is 18.9. The lowest BCUT2D eigenvalue weighted by atomic mass is 10.2. The number of anilines is 3. The van der Waals surface area contributed by atoms with Crippen molar-refractivity contribution in [3.05, 3.63) is 41.7 Å². The average Bonchev–Trinajstić information content (AvgIpc) is 2.87. The Balaban J connectivity index is 1.87. The van der Waals surface area contributed by atoms with E-state index < -0.39 is 9.84 Å². The van der Waals surface area contributed by atoms with Gasteiger partial charge in [-0.25, -0.2) is 18.4 Å². The van der Waals surface area contributed by atoms with Crippen LogP contribution in [0.2, 0.25) is 0 Å². The van der Waals surface area contributed by atoms with Gasteiger partial charge in [0.2, 0.25) is 0 Å². The molecule has 1 aliphatic heterocycles. The molecule has 1 atom stereocenters. The van der Waals surface area contributed by atoms with E-state index in [1.807, 2.05) is 45.0 Å². The van der Waals surface area contributed by atoms with E-state index in [4.69, 9.17) is 0 Å². The van der Waals surface area contributed by atoms with Crippen LogP contribution in [-0.4, -0.2) is 42.5 Å². The quantitative estimate of drug-likeness (QED) is 0.884. The third-order valence-corrected chi connectivity index (χ3v) is 6.15. The van der Waals surface area contributed by atoms with Crippen LogP contribution in [0.1, 0.15) is 24.7 Å². The van der Waals surface area contributed by atoms with Gasteiger partial charge in [-0.15, -0.1) is 0 Å². The molecular formula is C18H24N4O2S. The summed E-state index contributed by atoms with van der Waals surface area (Å²) < 4.78 is 23.7. The van der Waals surface area contributed by atoms with Crippen molar-refractivity contribution in [1.82, 2.24) is 9.97 Å². The van der Waals surface area contributed by atoms with Gasteiger partial charge in [0.15, 0.2) is 9.84 Å². The molecule has 0 spiro atoms. The number of hydrogen-bond acceptors (Lipinski definition) is 6. The van der Waals surface area contributed by atoms with E-state index in [2.05, 4.69) is 26.3 Å². The van der Waals surface area contributed by atoms with Crippen LogP contribution in [0, 0.1) is 13.8 Å². The Bertz CT molecular complexity index is 867. The Labute approximate surface area is 149 Å². The molecule has 134 valence electrons. The minimum absolute atomic E-state index is 0.0175. The van der Waals surface area contributed by atoms with Gasteiger partial charge in [0.05, 0.1) is 11.5 Å². The molecule has 1 aromatic carbocycles. The molecule has 7 heteroatoms. The fourth-order valence-corrected chi connectivity index (χ4v) is 4.99. The van der Waals surface area contributed by atoms with Crippen LogP contribution in [-0.2, 0) is 9.84 Å². The fourth-order valence-electron chi connectivity index (χ4n) is 3.26. The predicted molar refractivity (Wildman–Crippen MR) is 101 cm³/mol. The molecule has 1 aliphatic rings. The summed E-state index contributed by atoms with van der Waals surface area (Å²) in [6.45, 7) is 6.63. The van der Waals surface area contributed by atoms with Gasteiger partial charge in [0, 0.05) is 24.3 Å². The van der Waals surface area contributed by atoms with Crippen molar-refractivity contribution in [3.63, 3.8) is 0 Å². The highest BCUT2D eigenvalue weighted by molar-refractivity contribution is 7.91. The molecule has 1 unspecified atom stereocenters. The van der Waals surface area contributed by atoms with Gasteiger partial charge in [-0.3, -0.25) is 0 Å². The molecular weight excluding hydrogens is 336 g/mol. The topological polar surface area (TPSA) is 75.2 Å². The van der Waals surface area contributed by atoms with Crippen LogP contribution >= 0.6 is 0 Å². The van der Waals surface area contributed by atoms with Crippen molar-refractivity contribution in [2.75, 3.05) is 28.3 Å². The Hall–Kier alpha value is -2.15. The number of rotatable bonds is 5. The van der Waals surface area contributed by atoms with Crippen molar-refractivity contribution in [2.45, 2.75) is 33.2 Å². The van der Waals surface area contributed by atoms with E-state index in [0.717, 1.165) is 11.5 Å². The van der Waals surface area contributed by atoms with Crippen molar-refractivity contribution in [3.8, 4) is 0 Å². The lowest BCUT2D eigenvalue weighted by molar-refractivity contribution is 0.599. The number of nitrogens with one attached hydrogen (secondary N) is 1. The number of benzene rings is 1. The first-order valence-corrected chi connectivity index (χ1v) is 10.3. The summed E-state index contributed by atoms with van der Waals surface area (Å²) in [5, 5.41) is 3.32. The zero-order chi connectivity index (χ0) is 18.0. The van der Waals surface area contributed by atoms with Crippen molar-refractivity contribution in [1.29, 1.82) is 0 Å². The number of nitrogens with zero attached hydrogens (tertiary/aromatic N) is 3. The van der Waals surface area contributed by atoms with Crippen LogP contribution in [0.15, 0.2) is 30.3 Å². The molecule has 2 heterocycles. The summed E-state index contributed by atoms with van der Waals surface area (Å²) in [5.74, 6) is 2.60. The standard InChI is InChI=1S/C18H24N4O2S/c1-4-22(16-8-9-25(23,24)12-16)18-11-17(19-14(3)20-18)21-15-7-5-6-13(2)10-15/h5-7,10-11,16H,4,8-9,12H2,1-3H3,(H,19,20,21). The van der Waals surface area contributed by atoms with Crippen LogP contribution in [0.3, 0.4) is 0 Å². The molecule has 0 amide bonds. The highest BCUT2D eigenvalue weighted by Gasteiger charge is 2.32. The fraction of sp³-hybridized carbons (Fsp3) is 0.444. The summed E-state index contributed by atoms with van der Waals surface area (Å²) in [4.78, 5) is 11.1. The summed E-state index contributed by atoms with van der Waals surface area (Å²) in [6.07, 6.45) is 0.653. The van der Waals surface area contributed by atoms with E-state index in [0.29, 0.717) is 24.6 Å². The highest BCUT2D eigenvalue weighted by atomic mass is 32.2. The second kappa shape index (κ2) is 7.00. The number of hydrogen-bond donors (Lipinski definition) is 1. The molecule has 0 saturated carbocycles. The number of aryl methyl sites for hydroxylation is 2. The van der Waals surface area contributed by atoms with E-state index >= 15 is 0 Å². The second-order valence-electron chi connectivity index (χ2n) is 6.50. The minimum atomic E-state index is -2.93. The monoisotopic (exact) mass is 360 g/mol. The molecule has 0 radical (unpaired) electrons. The maximum atomic E-state index is 11.8. The summed E-state index contributed by atoms with van der Waals surface area (Å²) in [6, 6.07) is 9.96. The van der Waals surface area contributed by atoms with Gasteiger partial charge < -0.3 is 10.2 Å². The molecule has 1 saturated heterocycles. The molecule has 3 rings (SSSR count). The van der Waals surface area contributed by atoms with Crippen molar-refractivity contribution in [2.24, 2.45) is 0 Å². The lowest BCUT2D eigenvalue weighted by Crippen LogP contribution is -2.36. The zero-order valence-corrected chi connectivity index (χ0v) is 15.7. The first-order chi connectivity index (χ1) is 11.9. The maximum Gasteiger partial charge on any atom is 0.152 e. The van der Waals surface area contributed by atoms with Gasteiger partial charge in [-0.1, -0.05) is 12.1 Å². The molecule has 1 aromatic heterocycles. The Morgan fingerprint density at radius 1 is 1.24 bits per heavy atom. The predicted octanol–water partition coefficient (Wildman–Crippen LogP) is 2.85. The van der Waals surface area contributed by atoms with Gasteiger partial charge in [0.25, 0.3) is 0 Å².